The number of carbonyl (C=O) groups is 1. The highest BCUT2D eigenvalue weighted by atomic mass is 16.6. The van der Waals surface area contributed by atoms with E-state index in [1.165, 1.54) is 6.07 Å². The zero-order chi connectivity index (χ0) is 14.7. The van der Waals surface area contributed by atoms with Gasteiger partial charge in [0.25, 0.3) is 5.69 Å². The largest absolute Gasteiger partial charge is 0.327 e. The molecule has 0 heterocycles. The summed E-state index contributed by atoms with van der Waals surface area (Å²) in [7, 11) is 0. The molecule has 1 saturated carbocycles. The smallest absolute Gasteiger partial charge is 0.274 e. The fourth-order valence-electron chi connectivity index (χ4n) is 2.67. The number of benzene rings is 1. The van der Waals surface area contributed by atoms with Crippen LogP contribution in [0.2, 0.25) is 0 Å². The molecular weight excluding hydrogens is 258 g/mol. The molecule has 0 saturated heterocycles. The van der Waals surface area contributed by atoms with Crippen molar-refractivity contribution in [3.8, 4) is 0 Å². The summed E-state index contributed by atoms with van der Waals surface area (Å²) in [5.41, 5.74) is 6.95. The average Bonchev–Trinajstić information content (AvgIpc) is 2.41. The van der Waals surface area contributed by atoms with Gasteiger partial charge in [0.15, 0.2) is 0 Å². The summed E-state index contributed by atoms with van der Waals surface area (Å²) in [6, 6.07) is 4.55. The number of hydrogen-bond acceptors (Lipinski definition) is 4. The summed E-state index contributed by atoms with van der Waals surface area (Å²) in [6.07, 6.45) is 3.69. The predicted molar refractivity (Wildman–Crippen MR) is 76.4 cm³/mol. The van der Waals surface area contributed by atoms with Crippen molar-refractivity contribution >= 4 is 17.3 Å². The van der Waals surface area contributed by atoms with Crippen molar-refractivity contribution < 1.29 is 9.72 Å². The van der Waals surface area contributed by atoms with Crippen molar-refractivity contribution in [2.24, 2.45) is 11.7 Å². The lowest BCUT2D eigenvalue weighted by Gasteiger charge is -2.27. The number of nitro groups is 1. The average molecular weight is 277 g/mol. The van der Waals surface area contributed by atoms with Crippen LogP contribution < -0.4 is 11.1 Å². The van der Waals surface area contributed by atoms with Gasteiger partial charge in [0.05, 0.1) is 22.1 Å². The van der Waals surface area contributed by atoms with Gasteiger partial charge in [-0.2, -0.15) is 0 Å². The van der Waals surface area contributed by atoms with Gasteiger partial charge in [-0.15, -0.1) is 0 Å². The highest BCUT2D eigenvalue weighted by Gasteiger charge is 2.28. The maximum Gasteiger partial charge on any atom is 0.274 e. The Morgan fingerprint density at radius 3 is 2.75 bits per heavy atom. The van der Waals surface area contributed by atoms with Crippen LogP contribution in [0.15, 0.2) is 18.2 Å². The molecule has 6 nitrogen and oxygen atoms in total. The van der Waals surface area contributed by atoms with Crippen LogP contribution in [0.25, 0.3) is 0 Å². The second kappa shape index (κ2) is 6.00. The maximum absolute atomic E-state index is 12.3. The molecule has 1 aliphatic rings. The van der Waals surface area contributed by atoms with Gasteiger partial charge in [-0.3, -0.25) is 14.9 Å². The van der Waals surface area contributed by atoms with Gasteiger partial charge < -0.3 is 11.1 Å². The number of hydrogen-bond donors (Lipinski definition) is 2. The molecule has 108 valence electrons. The Labute approximate surface area is 117 Å². The van der Waals surface area contributed by atoms with E-state index in [-0.39, 0.29) is 23.6 Å². The third-order valence-electron chi connectivity index (χ3n) is 3.92. The number of nitrogens with one attached hydrogen (secondary N) is 1. The van der Waals surface area contributed by atoms with E-state index in [1.54, 1.807) is 19.1 Å². The molecule has 1 aromatic rings. The number of nitrogens with two attached hydrogens (primary N) is 1. The maximum atomic E-state index is 12.3. The highest BCUT2D eigenvalue weighted by molar-refractivity contribution is 5.94. The minimum atomic E-state index is -0.447. The van der Waals surface area contributed by atoms with E-state index in [9.17, 15) is 14.9 Å². The number of rotatable bonds is 3. The summed E-state index contributed by atoms with van der Waals surface area (Å²) in [6.45, 7) is 1.63. The van der Waals surface area contributed by atoms with E-state index in [0.29, 0.717) is 11.3 Å². The first-order valence-electron chi connectivity index (χ1n) is 6.81. The molecular formula is C14H19N3O3. The van der Waals surface area contributed by atoms with Crippen molar-refractivity contribution in [3.05, 3.63) is 33.9 Å². The van der Waals surface area contributed by atoms with Crippen molar-refractivity contribution in [1.29, 1.82) is 0 Å². The van der Waals surface area contributed by atoms with Crippen LogP contribution in [0.4, 0.5) is 11.4 Å². The number of carbonyl (C=O) groups excluding carboxylic acids is 1. The summed E-state index contributed by atoms with van der Waals surface area (Å²) >= 11 is 0. The van der Waals surface area contributed by atoms with Gasteiger partial charge in [-0.1, -0.05) is 18.9 Å². The Morgan fingerprint density at radius 2 is 2.10 bits per heavy atom. The van der Waals surface area contributed by atoms with Crippen molar-refractivity contribution in [3.63, 3.8) is 0 Å². The molecule has 1 aliphatic carbocycles. The van der Waals surface area contributed by atoms with E-state index in [2.05, 4.69) is 5.32 Å². The summed E-state index contributed by atoms with van der Waals surface area (Å²) < 4.78 is 0. The fraction of sp³-hybridized carbons (Fsp3) is 0.500. The van der Waals surface area contributed by atoms with Crippen LogP contribution in [0.1, 0.15) is 31.2 Å². The Balaban J connectivity index is 2.15. The molecule has 0 aromatic heterocycles. The van der Waals surface area contributed by atoms with Crippen LogP contribution >= 0.6 is 0 Å². The summed E-state index contributed by atoms with van der Waals surface area (Å²) in [5, 5.41) is 13.7. The molecule has 0 bridgehead atoms. The third-order valence-corrected chi connectivity index (χ3v) is 3.92. The normalized spacial score (nSPS) is 22.3. The molecule has 2 atom stereocenters. The van der Waals surface area contributed by atoms with Crippen LogP contribution in [-0.2, 0) is 4.79 Å². The van der Waals surface area contributed by atoms with Gasteiger partial charge >= 0.3 is 0 Å². The number of anilines is 1. The molecule has 1 aromatic carbocycles. The Bertz CT molecular complexity index is 530. The van der Waals surface area contributed by atoms with Gasteiger partial charge in [-0.25, -0.2) is 0 Å². The monoisotopic (exact) mass is 277 g/mol. The van der Waals surface area contributed by atoms with Crippen LogP contribution in [0.3, 0.4) is 0 Å². The SMILES string of the molecule is Cc1c(NC(=O)C2CCCCC2N)cccc1[N+](=O)[O-]. The fourth-order valence-corrected chi connectivity index (χ4v) is 2.67. The molecule has 1 fully saturated rings. The van der Waals surface area contributed by atoms with E-state index in [1.807, 2.05) is 0 Å². The van der Waals surface area contributed by atoms with Gasteiger partial charge in [0, 0.05) is 12.1 Å². The molecule has 2 rings (SSSR count). The topological polar surface area (TPSA) is 98.3 Å². The van der Waals surface area contributed by atoms with E-state index in [4.69, 9.17) is 5.73 Å². The standard InChI is InChI=1S/C14H19N3O3/c1-9-12(7-4-8-13(9)17(19)20)16-14(18)10-5-2-3-6-11(10)15/h4,7-8,10-11H,2-3,5-6,15H2,1H3,(H,16,18). The lowest BCUT2D eigenvalue weighted by atomic mass is 9.84. The zero-order valence-corrected chi connectivity index (χ0v) is 11.5. The first-order chi connectivity index (χ1) is 9.50. The van der Waals surface area contributed by atoms with Crippen LogP contribution in [0.5, 0.6) is 0 Å². The molecule has 0 spiro atoms. The lowest BCUT2D eigenvalue weighted by Crippen LogP contribution is -2.40. The molecule has 20 heavy (non-hydrogen) atoms. The molecule has 6 heteroatoms. The first kappa shape index (κ1) is 14.5. The second-order valence-corrected chi connectivity index (χ2v) is 5.25. The molecule has 3 N–H and O–H groups in total. The quantitative estimate of drug-likeness (QED) is 0.654. The molecule has 1 amide bonds. The Hall–Kier alpha value is -1.95. The molecule has 2 unspecified atom stereocenters. The van der Waals surface area contributed by atoms with Crippen LogP contribution in [0, 0.1) is 23.0 Å². The minimum absolute atomic E-state index is 0.00995. The molecule has 0 aliphatic heterocycles. The van der Waals surface area contributed by atoms with E-state index >= 15 is 0 Å². The second-order valence-electron chi connectivity index (χ2n) is 5.25. The first-order valence-corrected chi connectivity index (χ1v) is 6.81. The Morgan fingerprint density at radius 1 is 1.40 bits per heavy atom. The van der Waals surface area contributed by atoms with Gasteiger partial charge in [0.1, 0.15) is 0 Å². The van der Waals surface area contributed by atoms with Gasteiger partial charge in [0.2, 0.25) is 5.91 Å². The number of nitro benzene ring substituents is 1. The molecule has 0 radical (unpaired) electrons. The Kier molecular flexibility index (Phi) is 4.34. The number of amides is 1. The van der Waals surface area contributed by atoms with Crippen molar-refractivity contribution in [1.82, 2.24) is 0 Å². The van der Waals surface area contributed by atoms with E-state index in [0.717, 1.165) is 25.7 Å². The van der Waals surface area contributed by atoms with Crippen molar-refractivity contribution in [2.75, 3.05) is 5.32 Å². The van der Waals surface area contributed by atoms with E-state index < -0.39 is 4.92 Å². The summed E-state index contributed by atoms with van der Waals surface area (Å²) in [5.74, 6) is -0.344. The van der Waals surface area contributed by atoms with Crippen LogP contribution in [-0.4, -0.2) is 16.9 Å². The number of nitrogens with zero attached hydrogens (tertiary/aromatic N) is 1. The third kappa shape index (κ3) is 2.96. The lowest BCUT2D eigenvalue weighted by molar-refractivity contribution is -0.385. The van der Waals surface area contributed by atoms with Gasteiger partial charge in [-0.05, 0) is 25.8 Å². The highest BCUT2D eigenvalue weighted by Crippen LogP contribution is 2.28. The zero-order valence-electron chi connectivity index (χ0n) is 11.5. The summed E-state index contributed by atoms with van der Waals surface area (Å²) in [4.78, 5) is 22.7. The van der Waals surface area contributed by atoms with Crippen molar-refractivity contribution in [2.45, 2.75) is 38.6 Å². The predicted octanol–water partition coefficient (Wildman–Crippen LogP) is 2.36. The minimum Gasteiger partial charge on any atom is -0.327 e.